The molecular weight excluding hydrogens is 296 g/mol. The van der Waals surface area contributed by atoms with Gasteiger partial charge in [0.25, 0.3) is 0 Å². The van der Waals surface area contributed by atoms with Crippen LogP contribution in [0.1, 0.15) is 0 Å². The van der Waals surface area contributed by atoms with Crippen molar-refractivity contribution < 1.29 is 4.42 Å². The zero-order chi connectivity index (χ0) is 16.2. The van der Waals surface area contributed by atoms with E-state index in [1.54, 1.807) is 12.5 Å². The topological polar surface area (TPSA) is 29.3 Å². The minimum Gasteiger partial charge on any atom is -0.444 e. The molecule has 24 heavy (non-hydrogen) atoms. The Kier molecular flexibility index (Phi) is 3.82. The Hall–Kier alpha value is -3.33. The predicted octanol–water partition coefficient (Wildman–Crippen LogP) is 5.81. The zero-order valence-corrected chi connectivity index (χ0v) is 13.0. The Morgan fingerprint density at radius 2 is 1.25 bits per heavy atom. The van der Waals surface area contributed by atoms with Crippen LogP contribution in [0.3, 0.4) is 0 Å². The minimum absolute atomic E-state index is 0.613. The van der Waals surface area contributed by atoms with Crippen molar-refractivity contribution in [1.29, 1.82) is 0 Å². The molecule has 0 N–H and O–H groups in total. The maximum absolute atomic E-state index is 5.54. The largest absolute Gasteiger partial charge is 0.444 e. The number of nitrogens with zero attached hydrogens (tertiary/aromatic N) is 2. The molecular formula is C21H16N2O. The monoisotopic (exact) mass is 312 g/mol. The number of hydrogen-bond donors (Lipinski definition) is 0. The Morgan fingerprint density at radius 3 is 1.83 bits per heavy atom. The van der Waals surface area contributed by atoms with E-state index in [4.69, 9.17) is 4.42 Å². The maximum Gasteiger partial charge on any atom is 0.227 e. The van der Waals surface area contributed by atoms with Gasteiger partial charge in [-0.05, 0) is 36.4 Å². The molecule has 0 saturated carbocycles. The third-order valence-corrected chi connectivity index (χ3v) is 3.84. The van der Waals surface area contributed by atoms with Crippen molar-refractivity contribution >= 4 is 17.1 Å². The molecule has 1 aromatic heterocycles. The summed E-state index contributed by atoms with van der Waals surface area (Å²) in [5.41, 5.74) is 4.15. The Bertz CT molecular complexity index is 864. The van der Waals surface area contributed by atoms with E-state index < -0.39 is 0 Å². The lowest BCUT2D eigenvalue weighted by Gasteiger charge is -2.26. The smallest absolute Gasteiger partial charge is 0.227 e. The lowest BCUT2D eigenvalue weighted by molar-refractivity contribution is 0.574. The molecule has 0 amide bonds. The van der Waals surface area contributed by atoms with Crippen molar-refractivity contribution in [2.45, 2.75) is 0 Å². The van der Waals surface area contributed by atoms with Crippen molar-refractivity contribution in [3.05, 3.63) is 97.4 Å². The summed E-state index contributed by atoms with van der Waals surface area (Å²) >= 11 is 0. The second kappa shape index (κ2) is 6.42. The summed E-state index contributed by atoms with van der Waals surface area (Å²) in [6.45, 7) is 0. The fourth-order valence-corrected chi connectivity index (χ4v) is 2.79. The predicted molar refractivity (Wildman–Crippen MR) is 96.6 cm³/mol. The second-order valence-corrected chi connectivity index (χ2v) is 5.36. The lowest BCUT2D eigenvalue weighted by atomic mass is 10.1. The molecule has 3 aromatic carbocycles. The third kappa shape index (κ3) is 2.68. The van der Waals surface area contributed by atoms with E-state index in [1.807, 2.05) is 54.6 Å². The van der Waals surface area contributed by atoms with Crippen LogP contribution in [0.5, 0.6) is 0 Å². The highest BCUT2D eigenvalue weighted by Crippen LogP contribution is 2.39. The first-order valence-electron chi connectivity index (χ1n) is 7.82. The van der Waals surface area contributed by atoms with Gasteiger partial charge < -0.3 is 9.32 Å². The quantitative estimate of drug-likeness (QED) is 0.476. The van der Waals surface area contributed by atoms with Gasteiger partial charge in [0.05, 0.1) is 17.4 Å². The molecule has 0 radical (unpaired) electrons. The first kappa shape index (κ1) is 14.3. The van der Waals surface area contributed by atoms with Gasteiger partial charge in [0.2, 0.25) is 5.89 Å². The summed E-state index contributed by atoms with van der Waals surface area (Å²) in [6.07, 6.45) is 3.27. The van der Waals surface area contributed by atoms with Gasteiger partial charge in [-0.1, -0.05) is 48.5 Å². The van der Waals surface area contributed by atoms with Crippen molar-refractivity contribution in [3.8, 4) is 11.5 Å². The van der Waals surface area contributed by atoms with Gasteiger partial charge in [0.15, 0.2) is 0 Å². The van der Waals surface area contributed by atoms with Crippen LogP contribution in [0.25, 0.3) is 11.5 Å². The second-order valence-electron chi connectivity index (χ2n) is 5.36. The molecule has 0 atom stereocenters. The highest BCUT2D eigenvalue weighted by atomic mass is 16.3. The van der Waals surface area contributed by atoms with Crippen molar-refractivity contribution in [1.82, 2.24) is 4.98 Å². The molecule has 0 fully saturated rings. The highest BCUT2D eigenvalue weighted by molar-refractivity contribution is 5.85. The zero-order valence-electron chi connectivity index (χ0n) is 13.0. The molecule has 4 rings (SSSR count). The molecule has 0 aliphatic carbocycles. The first-order chi connectivity index (χ1) is 11.9. The van der Waals surface area contributed by atoms with E-state index >= 15 is 0 Å². The van der Waals surface area contributed by atoms with E-state index in [1.165, 1.54) is 0 Å². The van der Waals surface area contributed by atoms with Crippen LogP contribution in [0.15, 0.2) is 102 Å². The molecule has 1 heterocycles. The first-order valence-corrected chi connectivity index (χ1v) is 7.82. The Balaban J connectivity index is 1.93. The van der Waals surface area contributed by atoms with Crippen LogP contribution in [-0.4, -0.2) is 4.98 Å². The fraction of sp³-hybridized carbons (Fsp3) is 0. The average Bonchev–Trinajstić information content (AvgIpc) is 3.19. The Labute approximate surface area is 140 Å². The summed E-state index contributed by atoms with van der Waals surface area (Å²) in [7, 11) is 0. The highest BCUT2D eigenvalue weighted by Gasteiger charge is 2.17. The fourth-order valence-electron chi connectivity index (χ4n) is 2.79. The lowest BCUT2D eigenvalue weighted by Crippen LogP contribution is -2.10. The van der Waals surface area contributed by atoms with Crippen molar-refractivity contribution in [2.75, 3.05) is 4.90 Å². The molecule has 3 nitrogen and oxygen atoms in total. The molecule has 0 aliphatic rings. The molecule has 0 unspecified atom stereocenters. The van der Waals surface area contributed by atoms with Gasteiger partial charge in [-0.15, -0.1) is 0 Å². The van der Waals surface area contributed by atoms with E-state index in [-0.39, 0.29) is 0 Å². The molecule has 0 bridgehead atoms. The molecule has 116 valence electrons. The van der Waals surface area contributed by atoms with E-state index in [0.717, 1.165) is 22.6 Å². The van der Waals surface area contributed by atoms with E-state index in [2.05, 4.69) is 40.2 Å². The van der Waals surface area contributed by atoms with Crippen LogP contribution >= 0.6 is 0 Å². The minimum atomic E-state index is 0.613. The maximum atomic E-state index is 5.54. The average molecular weight is 312 g/mol. The van der Waals surface area contributed by atoms with Crippen molar-refractivity contribution in [3.63, 3.8) is 0 Å². The number of hydrogen-bond acceptors (Lipinski definition) is 3. The summed E-state index contributed by atoms with van der Waals surface area (Å²) in [6, 6.07) is 28.7. The van der Waals surface area contributed by atoms with Crippen LogP contribution in [-0.2, 0) is 0 Å². The molecule has 4 aromatic rings. The number of para-hydroxylation sites is 3. The SMILES string of the molecule is c1ccc(N(c2ccccc2)c2ccccc2-c2ncco2)cc1. The van der Waals surface area contributed by atoms with Gasteiger partial charge in [-0.2, -0.15) is 0 Å². The van der Waals surface area contributed by atoms with Gasteiger partial charge in [-0.25, -0.2) is 4.98 Å². The Morgan fingerprint density at radius 1 is 0.667 bits per heavy atom. The van der Waals surface area contributed by atoms with Gasteiger partial charge in [0, 0.05) is 11.4 Å². The van der Waals surface area contributed by atoms with Crippen LogP contribution in [0, 0.1) is 0 Å². The molecule has 0 aliphatic heterocycles. The number of aromatic nitrogens is 1. The van der Waals surface area contributed by atoms with Crippen LogP contribution in [0.4, 0.5) is 17.1 Å². The molecule has 0 spiro atoms. The van der Waals surface area contributed by atoms with Crippen molar-refractivity contribution in [2.24, 2.45) is 0 Å². The van der Waals surface area contributed by atoms with E-state index in [9.17, 15) is 0 Å². The van der Waals surface area contributed by atoms with Crippen LogP contribution in [0.2, 0.25) is 0 Å². The number of benzene rings is 3. The number of oxazole rings is 1. The third-order valence-electron chi connectivity index (χ3n) is 3.84. The number of anilines is 3. The summed E-state index contributed by atoms with van der Waals surface area (Å²) in [5, 5.41) is 0. The number of rotatable bonds is 4. The molecule has 0 saturated heterocycles. The standard InChI is InChI=1S/C21H16N2O/c1-3-9-17(10-4-1)23(18-11-5-2-6-12-18)20-14-8-7-13-19(20)21-22-15-16-24-21/h1-16H. The van der Waals surface area contributed by atoms with Gasteiger partial charge in [-0.3, -0.25) is 0 Å². The van der Waals surface area contributed by atoms with E-state index in [0.29, 0.717) is 5.89 Å². The summed E-state index contributed by atoms with van der Waals surface area (Å²) < 4.78 is 5.54. The van der Waals surface area contributed by atoms with Gasteiger partial charge in [0.1, 0.15) is 6.26 Å². The van der Waals surface area contributed by atoms with Gasteiger partial charge >= 0.3 is 0 Å². The summed E-state index contributed by atoms with van der Waals surface area (Å²) in [4.78, 5) is 6.53. The van der Waals surface area contributed by atoms with Crippen LogP contribution < -0.4 is 4.90 Å². The normalized spacial score (nSPS) is 10.5. The molecule has 3 heteroatoms. The summed E-state index contributed by atoms with van der Waals surface area (Å²) in [5.74, 6) is 0.613.